The summed E-state index contributed by atoms with van der Waals surface area (Å²) in [6.07, 6.45) is 2.10. The maximum Gasteiger partial charge on any atom is 0.261 e. The van der Waals surface area contributed by atoms with E-state index in [1.165, 1.54) is 0 Å². The number of hydrogen-bond donors (Lipinski definition) is 1. The summed E-state index contributed by atoms with van der Waals surface area (Å²) in [5.74, 6) is -2.43. The molecule has 0 saturated carbocycles. The third kappa shape index (κ3) is 2.17. The Bertz CT molecular complexity index is 178. The number of halogens is 2. The fourth-order valence-electron chi connectivity index (χ4n) is 2.25. The fraction of sp³-hybridized carbons (Fsp3) is 1.00. The molecule has 4 heteroatoms. The summed E-state index contributed by atoms with van der Waals surface area (Å²) < 4.78 is 25.8. The highest BCUT2D eigenvalue weighted by Crippen LogP contribution is 2.29. The van der Waals surface area contributed by atoms with Gasteiger partial charge < -0.3 is 5.32 Å². The lowest BCUT2D eigenvalue weighted by Gasteiger charge is -2.31. The molecule has 76 valence electrons. The Kier molecular flexibility index (Phi) is 2.51. The Morgan fingerprint density at radius 1 is 1.23 bits per heavy atom. The van der Waals surface area contributed by atoms with Crippen molar-refractivity contribution in [3.05, 3.63) is 0 Å². The van der Waals surface area contributed by atoms with Crippen LogP contribution >= 0.6 is 0 Å². The highest BCUT2D eigenvalue weighted by Gasteiger charge is 2.40. The van der Waals surface area contributed by atoms with Crippen molar-refractivity contribution in [3.8, 4) is 0 Å². The SMILES string of the molecule is FC1(F)CCN(C2CCNCC2)C1. The van der Waals surface area contributed by atoms with Gasteiger partial charge in [0, 0.05) is 19.0 Å². The van der Waals surface area contributed by atoms with Crippen molar-refractivity contribution in [2.24, 2.45) is 0 Å². The molecular weight excluding hydrogens is 174 g/mol. The molecule has 2 aliphatic rings. The second kappa shape index (κ2) is 3.50. The maximum atomic E-state index is 12.9. The predicted octanol–water partition coefficient (Wildman–Crippen LogP) is 1.08. The zero-order chi connectivity index (χ0) is 9.31. The fourth-order valence-corrected chi connectivity index (χ4v) is 2.25. The molecular formula is C9H16F2N2. The molecule has 2 aliphatic heterocycles. The molecule has 0 aromatic rings. The smallest absolute Gasteiger partial charge is 0.261 e. The summed E-state index contributed by atoms with van der Waals surface area (Å²) >= 11 is 0. The Morgan fingerprint density at radius 3 is 2.46 bits per heavy atom. The number of hydrogen-bond acceptors (Lipinski definition) is 2. The van der Waals surface area contributed by atoms with Crippen LogP contribution in [0.3, 0.4) is 0 Å². The molecule has 0 spiro atoms. The molecule has 2 nitrogen and oxygen atoms in total. The van der Waals surface area contributed by atoms with Gasteiger partial charge >= 0.3 is 0 Å². The van der Waals surface area contributed by atoms with Gasteiger partial charge in [0.25, 0.3) is 5.92 Å². The van der Waals surface area contributed by atoms with E-state index in [1.807, 2.05) is 4.90 Å². The first-order chi connectivity index (χ1) is 6.17. The van der Waals surface area contributed by atoms with Crippen molar-refractivity contribution in [1.82, 2.24) is 10.2 Å². The molecule has 0 bridgehead atoms. The number of likely N-dealkylation sites (tertiary alicyclic amines) is 1. The van der Waals surface area contributed by atoms with E-state index in [9.17, 15) is 8.78 Å². The van der Waals surface area contributed by atoms with Crippen LogP contribution in [0.5, 0.6) is 0 Å². The Morgan fingerprint density at radius 2 is 1.92 bits per heavy atom. The largest absolute Gasteiger partial charge is 0.317 e. The number of rotatable bonds is 1. The lowest BCUT2D eigenvalue weighted by Crippen LogP contribution is -2.42. The molecule has 0 aliphatic carbocycles. The van der Waals surface area contributed by atoms with E-state index < -0.39 is 5.92 Å². The van der Waals surface area contributed by atoms with Crippen LogP contribution in [-0.2, 0) is 0 Å². The zero-order valence-electron chi connectivity index (χ0n) is 7.73. The Balaban J connectivity index is 1.87. The molecule has 0 aromatic heterocycles. The van der Waals surface area contributed by atoms with Crippen LogP contribution < -0.4 is 5.32 Å². The number of piperidine rings is 1. The molecule has 0 amide bonds. The molecule has 13 heavy (non-hydrogen) atoms. The van der Waals surface area contributed by atoms with Crippen molar-refractivity contribution >= 4 is 0 Å². The average Bonchev–Trinajstić information content (AvgIpc) is 2.48. The molecule has 1 N–H and O–H groups in total. The summed E-state index contributed by atoms with van der Waals surface area (Å²) in [4.78, 5) is 1.96. The van der Waals surface area contributed by atoms with Gasteiger partial charge in [-0.2, -0.15) is 0 Å². The molecule has 0 aromatic carbocycles. The number of nitrogens with zero attached hydrogens (tertiary/aromatic N) is 1. The third-order valence-electron chi connectivity index (χ3n) is 3.02. The van der Waals surface area contributed by atoms with Gasteiger partial charge in [-0.05, 0) is 25.9 Å². The van der Waals surface area contributed by atoms with E-state index in [2.05, 4.69) is 5.32 Å². The van der Waals surface area contributed by atoms with Gasteiger partial charge in [-0.15, -0.1) is 0 Å². The van der Waals surface area contributed by atoms with Crippen LogP contribution in [0.1, 0.15) is 19.3 Å². The van der Waals surface area contributed by atoms with E-state index >= 15 is 0 Å². The van der Waals surface area contributed by atoms with Crippen molar-refractivity contribution in [2.75, 3.05) is 26.2 Å². The van der Waals surface area contributed by atoms with Gasteiger partial charge in [-0.3, -0.25) is 4.90 Å². The van der Waals surface area contributed by atoms with Crippen LogP contribution in [0, 0.1) is 0 Å². The standard InChI is InChI=1S/C9H16F2N2/c10-9(11)3-6-13(7-9)8-1-4-12-5-2-8/h8,12H,1-7H2. The highest BCUT2D eigenvalue weighted by molar-refractivity contribution is 4.87. The van der Waals surface area contributed by atoms with Gasteiger partial charge in [-0.1, -0.05) is 0 Å². The van der Waals surface area contributed by atoms with E-state index in [0.717, 1.165) is 25.9 Å². The lowest BCUT2D eigenvalue weighted by molar-refractivity contribution is 0.00593. The minimum Gasteiger partial charge on any atom is -0.317 e. The van der Waals surface area contributed by atoms with Gasteiger partial charge in [0.15, 0.2) is 0 Å². The molecule has 2 heterocycles. The van der Waals surface area contributed by atoms with E-state index in [-0.39, 0.29) is 13.0 Å². The van der Waals surface area contributed by atoms with Crippen molar-refractivity contribution in [1.29, 1.82) is 0 Å². The predicted molar refractivity (Wildman–Crippen MR) is 47.0 cm³/mol. The molecule has 0 unspecified atom stereocenters. The molecule has 0 atom stereocenters. The monoisotopic (exact) mass is 190 g/mol. The van der Waals surface area contributed by atoms with Crippen LogP contribution in [0.25, 0.3) is 0 Å². The minimum absolute atomic E-state index is 0.0162. The average molecular weight is 190 g/mol. The minimum atomic E-state index is -2.43. The molecule has 2 fully saturated rings. The van der Waals surface area contributed by atoms with Gasteiger partial charge in [0.2, 0.25) is 0 Å². The van der Waals surface area contributed by atoms with Gasteiger partial charge in [-0.25, -0.2) is 8.78 Å². The third-order valence-corrected chi connectivity index (χ3v) is 3.02. The van der Waals surface area contributed by atoms with E-state index in [4.69, 9.17) is 0 Å². The summed E-state index contributed by atoms with van der Waals surface area (Å²) in [5.41, 5.74) is 0. The van der Waals surface area contributed by atoms with Crippen molar-refractivity contribution in [3.63, 3.8) is 0 Å². The van der Waals surface area contributed by atoms with E-state index in [0.29, 0.717) is 12.6 Å². The van der Waals surface area contributed by atoms with Crippen LogP contribution in [0.2, 0.25) is 0 Å². The summed E-state index contributed by atoms with van der Waals surface area (Å²) in [7, 11) is 0. The quantitative estimate of drug-likeness (QED) is 0.665. The van der Waals surface area contributed by atoms with E-state index in [1.54, 1.807) is 0 Å². The van der Waals surface area contributed by atoms with Crippen LogP contribution in [-0.4, -0.2) is 43.0 Å². The van der Waals surface area contributed by atoms with Crippen LogP contribution in [0.15, 0.2) is 0 Å². The number of alkyl halides is 2. The Hall–Kier alpha value is -0.220. The van der Waals surface area contributed by atoms with Crippen molar-refractivity contribution < 1.29 is 8.78 Å². The molecule has 2 rings (SSSR count). The van der Waals surface area contributed by atoms with Gasteiger partial charge in [0.05, 0.1) is 6.54 Å². The maximum absolute atomic E-state index is 12.9. The van der Waals surface area contributed by atoms with Crippen molar-refractivity contribution in [2.45, 2.75) is 31.2 Å². The summed E-state index contributed by atoms with van der Waals surface area (Å²) in [5, 5.41) is 3.24. The molecule has 0 radical (unpaired) electrons. The first-order valence-corrected chi connectivity index (χ1v) is 5.00. The highest BCUT2D eigenvalue weighted by atomic mass is 19.3. The normalized spacial score (nSPS) is 30.9. The van der Waals surface area contributed by atoms with Crippen LogP contribution in [0.4, 0.5) is 8.78 Å². The summed E-state index contributed by atoms with van der Waals surface area (Å²) in [6, 6.07) is 0.398. The van der Waals surface area contributed by atoms with Gasteiger partial charge in [0.1, 0.15) is 0 Å². The second-order valence-electron chi connectivity index (χ2n) is 4.06. The molecule has 2 saturated heterocycles. The second-order valence-corrected chi connectivity index (χ2v) is 4.06. The summed E-state index contributed by atoms with van der Waals surface area (Å²) in [6.45, 7) is 2.52. The first kappa shape index (κ1) is 9.34. The topological polar surface area (TPSA) is 15.3 Å². The first-order valence-electron chi connectivity index (χ1n) is 5.00. The Labute approximate surface area is 77.3 Å². The number of nitrogens with one attached hydrogen (secondary N) is 1. The zero-order valence-corrected chi connectivity index (χ0v) is 7.73. The lowest BCUT2D eigenvalue weighted by atomic mass is 10.1.